The zero-order chi connectivity index (χ0) is 22.8. The molecule has 4 rings (SSSR count). The van der Waals surface area contributed by atoms with Crippen LogP contribution in [0.15, 0.2) is 70.9 Å². The fourth-order valence-electron chi connectivity index (χ4n) is 3.75. The van der Waals surface area contributed by atoms with Gasteiger partial charge in [0.1, 0.15) is 23.0 Å². The highest BCUT2D eigenvalue weighted by atomic mass is 35.5. The lowest BCUT2D eigenvalue weighted by molar-refractivity contribution is -0.140. The number of Topliss-reactive ketones (excluding diaryl/α,β-unsaturated/α-hetero) is 1. The number of carbonyl (C=O) groups excluding carboxylic acids is 2. The Bertz CT molecular complexity index is 1180. The minimum atomic E-state index is -0.930. The van der Waals surface area contributed by atoms with E-state index in [9.17, 15) is 14.7 Å². The van der Waals surface area contributed by atoms with E-state index in [0.717, 1.165) is 0 Å². The molecule has 8 heteroatoms. The zero-order valence-electron chi connectivity index (χ0n) is 17.4. The maximum absolute atomic E-state index is 13.1. The zero-order valence-corrected chi connectivity index (χ0v) is 18.1. The monoisotopic (exact) mass is 453 g/mol. The molecule has 164 valence electrons. The van der Waals surface area contributed by atoms with E-state index in [1.165, 1.54) is 25.4 Å². The third-order valence-corrected chi connectivity index (χ3v) is 5.55. The second kappa shape index (κ2) is 8.80. The van der Waals surface area contributed by atoms with Crippen LogP contribution in [0.25, 0.3) is 5.76 Å². The number of furan rings is 1. The average molecular weight is 454 g/mol. The van der Waals surface area contributed by atoms with Crippen molar-refractivity contribution in [1.82, 2.24) is 4.90 Å². The summed E-state index contributed by atoms with van der Waals surface area (Å²) in [4.78, 5) is 27.5. The Balaban J connectivity index is 1.93. The highest BCUT2D eigenvalue weighted by molar-refractivity contribution is 6.46. The molecular formula is C24H20ClNO6. The Kier molecular flexibility index (Phi) is 5.92. The molecule has 1 fully saturated rings. The minimum absolute atomic E-state index is 0.0278. The molecule has 0 saturated carbocycles. The van der Waals surface area contributed by atoms with Gasteiger partial charge < -0.3 is 23.9 Å². The van der Waals surface area contributed by atoms with E-state index in [1.807, 2.05) is 0 Å². The number of rotatable bonds is 6. The molecule has 32 heavy (non-hydrogen) atoms. The normalized spacial score (nSPS) is 17.6. The van der Waals surface area contributed by atoms with Gasteiger partial charge in [-0.1, -0.05) is 11.6 Å². The highest BCUT2D eigenvalue weighted by Gasteiger charge is 2.47. The molecule has 1 aromatic heterocycles. The number of hydrogen-bond acceptors (Lipinski definition) is 6. The number of methoxy groups -OCH3 is 2. The molecule has 0 radical (unpaired) electrons. The second-order valence-corrected chi connectivity index (χ2v) is 7.56. The van der Waals surface area contributed by atoms with Gasteiger partial charge in [-0.3, -0.25) is 9.59 Å². The lowest BCUT2D eigenvalue weighted by atomic mass is 9.94. The Morgan fingerprint density at radius 1 is 1.09 bits per heavy atom. The van der Waals surface area contributed by atoms with Crippen molar-refractivity contribution >= 4 is 29.1 Å². The van der Waals surface area contributed by atoms with Crippen LogP contribution in [0.1, 0.15) is 22.9 Å². The molecule has 1 aliphatic heterocycles. The van der Waals surface area contributed by atoms with Crippen LogP contribution in [-0.4, -0.2) is 35.9 Å². The largest absolute Gasteiger partial charge is 0.507 e. The summed E-state index contributed by atoms with van der Waals surface area (Å²) < 4.78 is 16.3. The molecule has 0 bridgehead atoms. The molecule has 1 aliphatic rings. The van der Waals surface area contributed by atoms with Crippen molar-refractivity contribution in [3.63, 3.8) is 0 Å². The minimum Gasteiger partial charge on any atom is -0.507 e. The molecular weight excluding hydrogens is 434 g/mol. The number of halogens is 1. The summed E-state index contributed by atoms with van der Waals surface area (Å²) in [5.74, 6) is -0.437. The van der Waals surface area contributed by atoms with Crippen molar-refractivity contribution in [2.45, 2.75) is 12.6 Å². The van der Waals surface area contributed by atoms with Crippen LogP contribution in [-0.2, 0) is 16.1 Å². The number of aliphatic hydroxyl groups is 1. The highest BCUT2D eigenvalue weighted by Crippen LogP contribution is 2.44. The van der Waals surface area contributed by atoms with E-state index in [2.05, 4.69) is 0 Å². The summed E-state index contributed by atoms with van der Waals surface area (Å²) >= 11 is 5.96. The fourth-order valence-corrected chi connectivity index (χ4v) is 3.88. The van der Waals surface area contributed by atoms with Crippen molar-refractivity contribution in [2.24, 2.45) is 0 Å². The topological polar surface area (TPSA) is 89.2 Å². The molecule has 1 amide bonds. The Morgan fingerprint density at radius 2 is 1.84 bits per heavy atom. The van der Waals surface area contributed by atoms with Gasteiger partial charge >= 0.3 is 0 Å². The Hall–Kier alpha value is -3.71. The summed E-state index contributed by atoms with van der Waals surface area (Å²) in [6.07, 6.45) is 1.49. The van der Waals surface area contributed by atoms with Gasteiger partial charge in [-0.25, -0.2) is 0 Å². The predicted molar refractivity (Wildman–Crippen MR) is 118 cm³/mol. The molecule has 3 aromatic rings. The quantitative estimate of drug-likeness (QED) is 0.334. The summed E-state index contributed by atoms with van der Waals surface area (Å²) in [5.41, 5.74) is 0.792. The van der Waals surface area contributed by atoms with Gasteiger partial charge in [0.25, 0.3) is 11.7 Å². The standard InChI is InChI=1S/C24H20ClNO6/c1-30-16-9-10-19(31-2)18(12-16)21-20(22(27)14-5-7-15(25)8-6-14)23(28)24(29)26(21)13-17-4-3-11-32-17/h3-12,21,27H,13H2,1-2H3/b22-20+/t21-/m0/s1. The maximum atomic E-state index is 13.1. The molecule has 2 aromatic carbocycles. The van der Waals surface area contributed by atoms with Crippen LogP contribution < -0.4 is 9.47 Å². The first-order chi connectivity index (χ1) is 15.4. The summed E-state index contributed by atoms with van der Waals surface area (Å²) in [7, 11) is 3.00. The van der Waals surface area contributed by atoms with E-state index < -0.39 is 17.7 Å². The predicted octanol–water partition coefficient (Wildman–Crippen LogP) is 4.57. The second-order valence-electron chi connectivity index (χ2n) is 7.12. The third-order valence-electron chi connectivity index (χ3n) is 5.30. The van der Waals surface area contributed by atoms with E-state index in [4.69, 9.17) is 25.5 Å². The van der Waals surface area contributed by atoms with Crippen molar-refractivity contribution in [3.05, 3.63) is 88.3 Å². The lowest BCUT2D eigenvalue weighted by Gasteiger charge is -2.26. The van der Waals surface area contributed by atoms with Gasteiger partial charge in [0.05, 0.1) is 38.6 Å². The number of ether oxygens (including phenoxy) is 2. The maximum Gasteiger partial charge on any atom is 0.296 e. The molecule has 1 saturated heterocycles. The molecule has 2 heterocycles. The van der Waals surface area contributed by atoms with Crippen molar-refractivity contribution in [3.8, 4) is 11.5 Å². The Labute approximate surface area is 189 Å². The first-order valence-electron chi connectivity index (χ1n) is 9.73. The smallest absolute Gasteiger partial charge is 0.296 e. The van der Waals surface area contributed by atoms with Crippen molar-refractivity contribution < 1.29 is 28.6 Å². The van der Waals surface area contributed by atoms with E-state index in [0.29, 0.717) is 33.4 Å². The van der Waals surface area contributed by atoms with Crippen LogP contribution in [0.4, 0.5) is 0 Å². The van der Waals surface area contributed by atoms with Crippen LogP contribution in [0.5, 0.6) is 11.5 Å². The first-order valence-corrected chi connectivity index (χ1v) is 10.1. The van der Waals surface area contributed by atoms with Crippen LogP contribution in [0.2, 0.25) is 5.02 Å². The number of nitrogens with zero attached hydrogens (tertiary/aromatic N) is 1. The van der Waals surface area contributed by atoms with E-state index in [1.54, 1.807) is 54.6 Å². The van der Waals surface area contributed by atoms with Gasteiger partial charge in [-0.15, -0.1) is 0 Å². The fraction of sp³-hybridized carbons (Fsp3) is 0.167. The van der Waals surface area contributed by atoms with E-state index in [-0.39, 0.29) is 17.9 Å². The number of ketones is 1. The van der Waals surface area contributed by atoms with Gasteiger partial charge in [0.15, 0.2) is 0 Å². The van der Waals surface area contributed by atoms with Gasteiger partial charge in [0, 0.05) is 16.1 Å². The number of aliphatic hydroxyl groups excluding tert-OH is 1. The first kappa shape index (κ1) is 21.5. The Morgan fingerprint density at radius 3 is 2.47 bits per heavy atom. The van der Waals surface area contributed by atoms with Gasteiger partial charge in [-0.2, -0.15) is 0 Å². The third kappa shape index (κ3) is 3.83. The molecule has 0 unspecified atom stereocenters. The lowest BCUT2D eigenvalue weighted by Crippen LogP contribution is -2.29. The summed E-state index contributed by atoms with van der Waals surface area (Å²) in [6, 6.07) is 13.9. The number of carbonyl (C=O) groups is 2. The SMILES string of the molecule is COc1ccc(OC)c([C@H]2/C(=C(\O)c3ccc(Cl)cc3)C(=O)C(=O)N2Cc2ccco2)c1. The van der Waals surface area contributed by atoms with Gasteiger partial charge in [0.2, 0.25) is 0 Å². The molecule has 1 atom stereocenters. The van der Waals surface area contributed by atoms with Crippen LogP contribution in [0.3, 0.4) is 0 Å². The van der Waals surface area contributed by atoms with Crippen LogP contribution >= 0.6 is 11.6 Å². The molecule has 7 nitrogen and oxygen atoms in total. The summed E-state index contributed by atoms with van der Waals surface area (Å²) in [6.45, 7) is 0.0278. The van der Waals surface area contributed by atoms with Crippen molar-refractivity contribution in [1.29, 1.82) is 0 Å². The average Bonchev–Trinajstić information content (AvgIpc) is 3.41. The number of benzene rings is 2. The number of amides is 1. The van der Waals surface area contributed by atoms with Crippen LogP contribution in [0, 0.1) is 0 Å². The van der Waals surface area contributed by atoms with Crippen molar-refractivity contribution in [2.75, 3.05) is 14.2 Å². The molecule has 0 aliphatic carbocycles. The molecule has 0 spiro atoms. The molecule has 1 N–H and O–H groups in total. The summed E-state index contributed by atoms with van der Waals surface area (Å²) in [5, 5.41) is 11.6. The number of hydrogen-bond donors (Lipinski definition) is 1. The van der Waals surface area contributed by atoms with E-state index >= 15 is 0 Å². The number of likely N-dealkylation sites (tertiary alicyclic amines) is 1. The van der Waals surface area contributed by atoms with Gasteiger partial charge in [-0.05, 0) is 54.6 Å².